The highest BCUT2D eigenvalue weighted by Gasteiger charge is 2.14. The fourth-order valence-electron chi connectivity index (χ4n) is 1.58. The summed E-state index contributed by atoms with van der Waals surface area (Å²) in [6.45, 7) is 7.96. The molecule has 1 aromatic rings. The van der Waals surface area contributed by atoms with Crippen LogP contribution in [-0.4, -0.2) is 35.1 Å². The number of ether oxygens (including phenoxy) is 1. The maximum absolute atomic E-state index is 11.9. The smallest absolute Gasteiger partial charge is 0.226 e. The van der Waals surface area contributed by atoms with E-state index in [2.05, 4.69) is 20.6 Å². The van der Waals surface area contributed by atoms with Gasteiger partial charge in [-0.2, -0.15) is 4.98 Å². The van der Waals surface area contributed by atoms with E-state index in [1.165, 1.54) is 0 Å². The zero-order chi connectivity index (χ0) is 15.3. The maximum Gasteiger partial charge on any atom is 0.226 e. The molecule has 4 N–H and O–H groups in total. The van der Waals surface area contributed by atoms with Crippen LogP contribution in [0.3, 0.4) is 0 Å². The molecule has 7 heteroatoms. The number of nitrogen functional groups attached to an aromatic ring is 1. The summed E-state index contributed by atoms with van der Waals surface area (Å²) in [7, 11) is 1.71. The van der Waals surface area contributed by atoms with Crippen molar-refractivity contribution in [3.05, 3.63) is 5.69 Å². The molecular weight excluding hydrogens is 258 g/mol. The first-order valence-electron chi connectivity index (χ1n) is 6.48. The number of amides is 1. The Morgan fingerprint density at radius 1 is 1.35 bits per heavy atom. The van der Waals surface area contributed by atoms with Gasteiger partial charge in [0.25, 0.3) is 0 Å². The molecule has 0 radical (unpaired) electrons. The van der Waals surface area contributed by atoms with Crippen molar-refractivity contribution in [3.63, 3.8) is 0 Å². The lowest BCUT2D eigenvalue weighted by atomic mass is 10.2. The molecule has 0 aromatic carbocycles. The number of carbonyl (C=O) groups excluding carboxylic acids is 1. The Labute approximate surface area is 119 Å². The lowest BCUT2D eigenvalue weighted by Crippen LogP contribution is -2.23. The molecule has 0 saturated carbocycles. The van der Waals surface area contributed by atoms with Crippen molar-refractivity contribution in [2.24, 2.45) is 0 Å². The van der Waals surface area contributed by atoms with Gasteiger partial charge in [-0.05, 0) is 27.7 Å². The highest BCUT2D eigenvalue weighted by atomic mass is 16.5. The van der Waals surface area contributed by atoms with Crippen molar-refractivity contribution >= 4 is 23.4 Å². The van der Waals surface area contributed by atoms with E-state index in [1.807, 2.05) is 20.8 Å². The normalized spacial score (nSPS) is 11.2. The molecule has 0 unspecified atom stereocenters. The molecule has 0 bridgehead atoms. The van der Waals surface area contributed by atoms with Crippen molar-refractivity contribution in [1.82, 2.24) is 9.97 Å². The van der Waals surface area contributed by atoms with Crippen LogP contribution < -0.4 is 16.4 Å². The number of nitrogens with two attached hydrogens (primary N) is 1. The summed E-state index contributed by atoms with van der Waals surface area (Å²) in [5, 5.41) is 5.67. The van der Waals surface area contributed by atoms with Crippen LogP contribution >= 0.6 is 0 Å². The van der Waals surface area contributed by atoms with Crippen LogP contribution in [0.25, 0.3) is 0 Å². The van der Waals surface area contributed by atoms with E-state index in [-0.39, 0.29) is 23.9 Å². The molecule has 0 aliphatic carbocycles. The van der Waals surface area contributed by atoms with Gasteiger partial charge in [-0.15, -0.1) is 0 Å². The highest BCUT2D eigenvalue weighted by molar-refractivity contribution is 5.94. The van der Waals surface area contributed by atoms with Gasteiger partial charge in [0.15, 0.2) is 5.82 Å². The number of aromatic nitrogens is 2. The van der Waals surface area contributed by atoms with Gasteiger partial charge in [-0.25, -0.2) is 4.98 Å². The van der Waals surface area contributed by atoms with Gasteiger partial charge in [0.1, 0.15) is 5.69 Å². The van der Waals surface area contributed by atoms with Gasteiger partial charge in [-0.3, -0.25) is 4.79 Å². The highest BCUT2D eigenvalue weighted by Crippen LogP contribution is 2.23. The first-order chi connectivity index (χ1) is 9.23. The fraction of sp³-hybridized carbons (Fsp3) is 0.615. The molecule has 0 aliphatic rings. The predicted octanol–water partition coefficient (Wildman–Crippen LogP) is 1.55. The summed E-state index contributed by atoms with van der Waals surface area (Å²) in [5.41, 5.74) is 6.48. The Balaban J connectivity index is 2.67. The summed E-state index contributed by atoms with van der Waals surface area (Å²) in [5.74, 6) is 0.517. The van der Waals surface area contributed by atoms with E-state index in [4.69, 9.17) is 10.5 Å². The van der Waals surface area contributed by atoms with Crippen LogP contribution in [0, 0.1) is 6.92 Å². The number of anilines is 3. The maximum atomic E-state index is 11.9. The third-order valence-electron chi connectivity index (χ3n) is 2.47. The lowest BCUT2D eigenvalue weighted by Gasteiger charge is -2.19. The molecule has 7 nitrogen and oxygen atoms in total. The van der Waals surface area contributed by atoms with Crippen molar-refractivity contribution in [2.45, 2.75) is 39.7 Å². The predicted molar refractivity (Wildman–Crippen MR) is 79.7 cm³/mol. The van der Waals surface area contributed by atoms with Gasteiger partial charge in [0.2, 0.25) is 11.9 Å². The first kappa shape index (κ1) is 16.2. The summed E-state index contributed by atoms with van der Waals surface area (Å²) in [4.78, 5) is 20.0. The van der Waals surface area contributed by atoms with Crippen LogP contribution in [0.2, 0.25) is 0 Å². The zero-order valence-electron chi connectivity index (χ0n) is 12.7. The van der Waals surface area contributed by atoms with Gasteiger partial charge in [0, 0.05) is 7.05 Å². The van der Waals surface area contributed by atoms with Crippen LogP contribution in [0.1, 0.15) is 32.9 Å². The van der Waals surface area contributed by atoms with Crippen LogP contribution in [0.5, 0.6) is 0 Å². The molecule has 1 rings (SSSR count). The van der Waals surface area contributed by atoms with E-state index in [9.17, 15) is 4.79 Å². The molecule has 0 spiro atoms. The fourth-order valence-corrected chi connectivity index (χ4v) is 1.58. The number of carbonyl (C=O) groups is 1. The third-order valence-corrected chi connectivity index (χ3v) is 2.47. The Morgan fingerprint density at radius 2 is 2.00 bits per heavy atom. The van der Waals surface area contributed by atoms with Gasteiger partial charge >= 0.3 is 0 Å². The number of nitrogens with zero attached hydrogens (tertiary/aromatic N) is 2. The molecule has 1 heterocycles. The van der Waals surface area contributed by atoms with Crippen molar-refractivity contribution < 1.29 is 9.53 Å². The topological polar surface area (TPSA) is 102 Å². The standard InChI is InChI=1S/C13H23N5O2/c1-8-10(11(15-5)18-12(14)16-8)17-9(19)6-7-20-13(2,3)4/h6-7H2,1-5H3,(H,17,19)(H3,14,15,16,18). The number of hydrogen-bond donors (Lipinski definition) is 3. The number of hydrogen-bond acceptors (Lipinski definition) is 6. The SMILES string of the molecule is CNc1nc(N)nc(C)c1NC(=O)CCOC(C)(C)C. The van der Waals surface area contributed by atoms with Crippen LogP contribution in [0.4, 0.5) is 17.5 Å². The second-order valence-electron chi connectivity index (χ2n) is 5.40. The number of nitrogens with one attached hydrogen (secondary N) is 2. The minimum absolute atomic E-state index is 0.151. The summed E-state index contributed by atoms with van der Waals surface area (Å²) in [6.07, 6.45) is 0.268. The molecule has 1 amide bonds. The van der Waals surface area contributed by atoms with E-state index in [0.29, 0.717) is 23.8 Å². The largest absolute Gasteiger partial charge is 0.375 e. The first-order valence-corrected chi connectivity index (χ1v) is 6.48. The summed E-state index contributed by atoms with van der Waals surface area (Å²) in [6, 6.07) is 0. The number of rotatable bonds is 5. The van der Waals surface area contributed by atoms with E-state index < -0.39 is 0 Å². The lowest BCUT2D eigenvalue weighted by molar-refractivity contribution is -0.118. The molecule has 0 aliphatic heterocycles. The van der Waals surface area contributed by atoms with Gasteiger partial charge in [0.05, 0.1) is 24.3 Å². The summed E-state index contributed by atoms with van der Waals surface area (Å²) < 4.78 is 5.52. The van der Waals surface area contributed by atoms with Gasteiger partial charge < -0.3 is 21.1 Å². The molecule has 0 fully saturated rings. The van der Waals surface area contributed by atoms with Crippen molar-refractivity contribution in [3.8, 4) is 0 Å². The molecule has 1 aromatic heterocycles. The van der Waals surface area contributed by atoms with E-state index in [0.717, 1.165) is 0 Å². The van der Waals surface area contributed by atoms with Crippen molar-refractivity contribution in [2.75, 3.05) is 30.0 Å². The minimum Gasteiger partial charge on any atom is -0.375 e. The van der Waals surface area contributed by atoms with Crippen LogP contribution in [0.15, 0.2) is 0 Å². The minimum atomic E-state index is -0.253. The molecule has 0 saturated heterocycles. The monoisotopic (exact) mass is 281 g/mol. The Hall–Kier alpha value is -1.89. The van der Waals surface area contributed by atoms with Crippen molar-refractivity contribution in [1.29, 1.82) is 0 Å². The Morgan fingerprint density at radius 3 is 2.55 bits per heavy atom. The second kappa shape index (κ2) is 6.51. The molecule has 20 heavy (non-hydrogen) atoms. The molecular formula is C13H23N5O2. The van der Waals surface area contributed by atoms with E-state index in [1.54, 1.807) is 14.0 Å². The van der Waals surface area contributed by atoms with Gasteiger partial charge in [-0.1, -0.05) is 0 Å². The Bertz CT molecular complexity index is 482. The summed E-state index contributed by atoms with van der Waals surface area (Å²) >= 11 is 0. The van der Waals surface area contributed by atoms with Crippen LogP contribution in [-0.2, 0) is 9.53 Å². The molecule has 112 valence electrons. The zero-order valence-corrected chi connectivity index (χ0v) is 12.7. The third kappa shape index (κ3) is 5.00. The Kier molecular flexibility index (Phi) is 5.26. The second-order valence-corrected chi connectivity index (χ2v) is 5.40. The quantitative estimate of drug-likeness (QED) is 0.757. The average Bonchev–Trinajstić information content (AvgIpc) is 2.30. The number of aryl methyl sites for hydroxylation is 1. The van der Waals surface area contributed by atoms with E-state index >= 15 is 0 Å². The average molecular weight is 281 g/mol. The molecule has 0 atom stereocenters.